The number of nitrogens with zero attached hydrogens (tertiary/aromatic N) is 1. The topological polar surface area (TPSA) is 67.2 Å². The lowest BCUT2D eigenvalue weighted by Crippen LogP contribution is -2.40. The lowest BCUT2D eigenvalue weighted by Gasteiger charge is -2.10. The average Bonchev–Trinajstić information content (AvgIpc) is 3.17. The Morgan fingerprint density at radius 2 is 2.25 bits per heavy atom. The van der Waals surface area contributed by atoms with Crippen molar-refractivity contribution >= 4 is 5.91 Å². The van der Waals surface area contributed by atoms with E-state index in [-0.39, 0.29) is 11.9 Å². The Hall–Kier alpha value is -2.14. The molecule has 2 N–H and O–H groups in total. The fourth-order valence-electron chi connectivity index (χ4n) is 2.42. The van der Waals surface area contributed by atoms with Crippen LogP contribution < -0.4 is 10.6 Å². The molecule has 0 saturated carbocycles. The van der Waals surface area contributed by atoms with Crippen LogP contribution in [0.3, 0.4) is 0 Å². The van der Waals surface area contributed by atoms with Gasteiger partial charge in [0.1, 0.15) is 5.69 Å². The van der Waals surface area contributed by atoms with Gasteiger partial charge in [-0.15, -0.1) is 0 Å². The van der Waals surface area contributed by atoms with Crippen molar-refractivity contribution in [1.82, 2.24) is 15.6 Å². The van der Waals surface area contributed by atoms with Crippen molar-refractivity contribution < 1.29 is 9.21 Å². The molecule has 0 aliphatic carbocycles. The van der Waals surface area contributed by atoms with E-state index in [0.717, 1.165) is 30.6 Å². The largest absolute Gasteiger partial charge is 0.443 e. The van der Waals surface area contributed by atoms with E-state index >= 15 is 0 Å². The third-order valence-corrected chi connectivity index (χ3v) is 3.48. The van der Waals surface area contributed by atoms with E-state index < -0.39 is 0 Å². The van der Waals surface area contributed by atoms with Crippen LogP contribution in [0.1, 0.15) is 18.5 Å². The average molecular weight is 271 g/mol. The first-order valence-electron chi connectivity index (χ1n) is 6.83. The summed E-state index contributed by atoms with van der Waals surface area (Å²) in [6.45, 7) is 1.30. The summed E-state index contributed by atoms with van der Waals surface area (Å²) in [5.74, 6) is 0.745. The van der Waals surface area contributed by atoms with Gasteiger partial charge in [-0.05, 0) is 19.4 Å². The SMILES string of the molecule is O=C(NCc1ncoc1-c1ccccc1)C1CCCN1. The molecule has 104 valence electrons. The number of nitrogens with one attached hydrogen (secondary N) is 2. The van der Waals surface area contributed by atoms with Crippen molar-refractivity contribution in [2.75, 3.05) is 6.54 Å². The van der Waals surface area contributed by atoms with Crippen molar-refractivity contribution in [1.29, 1.82) is 0 Å². The highest BCUT2D eigenvalue weighted by atomic mass is 16.3. The maximum atomic E-state index is 12.0. The van der Waals surface area contributed by atoms with E-state index in [2.05, 4.69) is 15.6 Å². The smallest absolute Gasteiger partial charge is 0.237 e. The number of aromatic nitrogens is 1. The van der Waals surface area contributed by atoms with Gasteiger partial charge in [0.25, 0.3) is 0 Å². The van der Waals surface area contributed by atoms with Crippen molar-refractivity contribution in [2.24, 2.45) is 0 Å². The molecule has 2 aromatic rings. The molecule has 1 aromatic heterocycles. The second-order valence-electron chi connectivity index (χ2n) is 4.86. The second kappa shape index (κ2) is 5.88. The minimum Gasteiger partial charge on any atom is -0.443 e. The van der Waals surface area contributed by atoms with Gasteiger partial charge in [-0.1, -0.05) is 30.3 Å². The van der Waals surface area contributed by atoms with Crippen LogP contribution >= 0.6 is 0 Å². The van der Waals surface area contributed by atoms with Gasteiger partial charge in [0.2, 0.25) is 5.91 Å². The summed E-state index contributed by atoms with van der Waals surface area (Å²) in [4.78, 5) is 16.1. The van der Waals surface area contributed by atoms with Gasteiger partial charge in [0.15, 0.2) is 12.2 Å². The maximum absolute atomic E-state index is 12.0. The molecule has 1 atom stereocenters. The third kappa shape index (κ3) is 2.72. The van der Waals surface area contributed by atoms with Crippen LogP contribution in [0.15, 0.2) is 41.1 Å². The molecular formula is C15H17N3O2. The van der Waals surface area contributed by atoms with Gasteiger partial charge < -0.3 is 15.1 Å². The number of amides is 1. The molecule has 5 nitrogen and oxygen atoms in total. The molecule has 2 heterocycles. The van der Waals surface area contributed by atoms with Crippen LogP contribution in [0.4, 0.5) is 0 Å². The molecule has 3 rings (SSSR count). The first-order valence-corrected chi connectivity index (χ1v) is 6.83. The van der Waals surface area contributed by atoms with Crippen molar-refractivity contribution in [3.8, 4) is 11.3 Å². The monoisotopic (exact) mass is 271 g/mol. The highest BCUT2D eigenvalue weighted by Gasteiger charge is 2.22. The molecule has 1 aliphatic heterocycles. The third-order valence-electron chi connectivity index (χ3n) is 3.48. The van der Waals surface area contributed by atoms with Crippen LogP contribution in [0, 0.1) is 0 Å². The van der Waals surface area contributed by atoms with E-state index in [1.54, 1.807) is 0 Å². The predicted octanol–water partition coefficient (Wildman–Crippen LogP) is 1.71. The molecular weight excluding hydrogens is 254 g/mol. The number of hydrogen-bond donors (Lipinski definition) is 2. The van der Waals surface area contributed by atoms with Crippen LogP contribution in [0.5, 0.6) is 0 Å². The number of benzene rings is 1. The first kappa shape index (κ1) is 12.9. The van der Waals surface area contributed by atoms with E-state index in [1.165, 1.54) is 6.39 Å². The second-order valence-corrected chi connectivity index (χ2v) is 4.86. The Labute approximate surface area is 117 Å². The van der Waals surface area contributed by atoms with Gasteiger partial charge in [0.05, 0.1) is 12.6 Å². The molecule has 1 fully saturated rings. The highest BCUT2D eigenvalue weighted by Crippen LogP contribution is 2.22. The van der Waals surface area contributed by atoms with E-state index in [1.807, 2.05) is 30.3 Å². The summed E-state index contributed by atoms with van der Waals surface area (Å²) >= 11 is 0. The Morgan fingerprint density at radius 1 is 1.40 bits per heavy atom. The minimum atomic E-state index is -0.0675. The Kier molecular flexibility index (Phi) is 3.78. The quantitative estimate of drug-likeness (QED) is 0.888. The first-order chi connectivity index (χ1) is 9.84. The zero-order valence-corrected chi connectivity index (χ0v) is 11.1. The Balaban J connectivity index is 1.66. The van der Waals surface area contributed by atoms with E-state index in [4.69, 9.17) is 4.42 Å². The summed E-state index contributed by atoms with van der Waals surface area (Å²) in [5, 5.41) is 6.09. The number of carbonyl (C=O) groups excluding carboxylic acids is 1. The molecule has 5 heteroatoms. The summed E-state index contributed by atoms with van der Waals surface area (Å²) in [7, 11) is 0. The molecule has 0 radical (unpaired) electrons. The summed E-state index contributed by atoms with van der Waals surface area (Å²) in [6.07, 6.45) is 3.37. The van der Waals surface area contributed by atoms with Gasteiger partial charge in [0, 0.05) is 5.56 Å². The number of carbonyl (C=O) groups is 1. The summed E-state index contributed by atoms with van der Waals surface area (Å²) < 4.78 is 5.43. The fourth-order valence-corrected chi connectivity index (χ4v) is 2.42. The molecule has 1 saturated heterocycles. The van der Waals surface area contributed by atoms with Gasteiger partial charge in [-0.3, -0.25) is 4.79 Å². The summed E-state index contributed by atoms with van der Waals surface area (Å²) in [5.41, 5.74) is 1.72. The fraction of sp³-hybridized carbons (Fsp3) is 0.333. The molecule has 1 aliphatic rings. The molecule has 0 bridgehead atoms. The highest BCUT2D eigenvalue weighted by molar-refractivity contribution is 5.82. The number of rotatable bonds is 4. The zero-order chi connectivity index (χ0) is 13.8. The Bertz CT molecular complexity index is 574. The van der Waals surface area contributed by atoms with Crippen LogP contribution in [-0.2, 0) is 11.3 Å². The molecule has 1 aromatic carbocycles. The Morgan fingerprint density at radius 3 is 3.00 bits per heavy atom. The molecule has 20 heavy (non-hydrogen) atoms. The molecule has 0 spiro atoms. The van der Waals surface area contributed by atoms with Crippen LogP contribution in [0.2, 0.25) is 0 Å². The van der Waals surface area contributed by atoms with Crippen molar-refractivity contribution in [2.45, 2.75) is 25.4 Å². The lowest BCUT2D eigenvalue weighted by molar-refractivity contribution is -0.122. The van der Waals surface area contributed by atoms with Crippen LogP contribution in [0.25, 0.3) is 11.3 Å². The normalized spacial score (nSPS) is 18.1. The van der Waals surface area contributed by atoms with E-state index in [0.29, 0.717) is 12.3 Å². The number of oxazole rings is 1. The zero-order valence-electron chi connectivity index (χ0n) is 11.1. The van der Waals surface area contributed by atoms with Crippen molar-refractivity contribution in [3.05, 3.63) is 42.4 Å². The van der Waals surface area contributed by atoms with E-state index in [9.17, 15) is 4.79 Å². The number of hydrogen-bond acceptors (Lipinski definition) is 4. The van der Waals surface area contributed by atoms with Gasteiger partial charge >= 0.3 is 0 Å². The predicted molar refractivity (Wildman–Crippen MR) is 74.8 cm³/mol. The molecule has 1 amide bonds. The van der Waals surface area contributed by atoms with Gasteiger partial charge in [-0.2, -0.15) is 0 Å². The van der Waals surface area contributed by atoms with Crippen LogP contribution in [-0.4, -0.2) is 23.5 Å². The lowest BCUT2D eigenvalue weighted by atomic mass is 10.1. The summed E-state index contributed by atoms with van der Waals surface area (Å²) in [6, 6.07) is 9.70. The molecule has 1 unspecified atom stereocenters. The standard InChI is InChI=1S/C15H17N3O2/c19-15(12-7-4-8-16-12)17-9-13-14(20-10-18-13)11-5-2-1-3-6-11/h1-3,5-6,10,12,16H,4,7-9H2,(H,17,19). The minimum absolute atomic E-state index is 0.0320. The van der Waals surface area contributed by atoms with Crippen molar-refractivity contribution in [3.63, 3.8) is 0 Å². The maximum Gasteiger partial charge on any atom is 0.237 e. The van der Waals surface area contributed by atoms with Gasteiger partial charge in [-0.25, -0.2) is 4.98 Å².